The molecule has 1 atom stereocenters. The van der Waals surface area contributed by atoms with Crippen LogP contribution < -0.4 is 0 Å². The summed E-state index contributed by atoms with van der Waals surface area (Å²) in [5.74, 6) is -1.94. The van der Waals surface area contributed by atoms with Crippen molar-refractivity contribution in [2.75, 3.05) is 0 Å². The molecule has 4 heterocycles. The van der Waals surface area contributed by atoms with E-state index in [0.29, 0.717) is 30.9 Å². The lowest BCUT2D eigenvalue weighted by molar-refractivity contribution is -0.137. The highest BCUT2D eigenvalue weighted by Crippen LogP contribution is 2.21. The molecular formula is C29H29N5O4. The molecule has 9 nitrogen and oxygen atoms in total. The summed E-state index contributed by atoms with van der Waals surface area (Å²) in [4.78, 5) is 43.1. The average molecular weight is 512 g/mol. The van der Waals surface area contributed by atoms with Crippen LogP contribution in [0.25, 0.3) is 22.8 Å². The molecule has 4 aromatic rings. The molecule has 4 rings (SSSR count). The van der Waals surface area contributed by atoms with Crippen molar-refractivity contribution in [1.29, 1.82) is 0 Å². The van der Waals surface area contributed by atoms with Gasteiger partial charge in [-0.3, -0.25) is 14.7 Å². The molecule has 2 N–H and O–H groups in total. The Morgan fingerprint density at radius 2 is 1.24 bits per heavy atom. The van der Waals surface area contributed by atoms with E-state index < -0.39 is 11.9 Å². The van der Waals surface area contributed by atoms with E-state index in [-0.39, 0.29) is 18.2 Å². The maximum Gasteiger partial charge on any atom is 0.354 e. The van der Waals surface area contributed by atoms with Crippen molar-refractivity contribution in [3.05, 3.63) is 95.6 Å². The van der Waals surface area contributed by atoms with E-state index in [9.17, 15) is 19.8 Å². The van der Waals surface area contributed by atoms with Crippen molar-refractivity contribution in [2.24, 2.45) is 0 Å². The van der Waals surface area contributed by atoms with Crippen LogP contribution in [0.15, 0.2) is 72.8 Å². The molecule has 0 aliphatic rings. The van der Waals surface area contributed by atoms with E-state index in [0.717, 1.165) is 28.5 Å². The second-order valence-corrected chi connectivity index (χ2v) is 9.09. The van der Waals surface area contributed by atoms with E-state index in [4.69, 9.17) is 9.97 Å². The number of rotatable bonds is 11. The monoisotopic (exact) mass is 511 g/mol. The van der Waals surface area contributed by atoms with Crippen LogP contribution >= 0.6 is 0 Å². The molecule has 4 aromatic heterocycles. The van der Waals surface area contributed by atoms with Crippen molar-refractivity contribution < 1.29 is 19.8 Å². The lowest BCUT2D eigenvalue weighted by Crippen LogP contribution is -2.33. The molecule has 38 heavy (non-hydrogen) atoms. The topological polar surface area (TPSA) is 129 Å². The van der Waals surface area contributed by atoms with Crippen molar-refractivity contribution in [3.63, 3.8) is 0 Å². The van der Waals surface area contributed by atoms with Gasteiger partial charge in [-0.05, 0) is 68.8 Å². The SMILES string of the molecule is Cc1cccc(-c2cccc(CN(Cc3cccc(-c4cccc(C(=O)O)n4)n3)C(C)CCC(=O)O)n2)n1. The number of aryl methyl sites for hydroxylation is 1. The van der Waals surface area contributed by atoms with Gasteiger partial charge in [0.2, 0.25) is 0 Å². The first-order chi connectivity index (χ1) is 18.3. The van der Waals surface area contributed by atoms with Gasteiger partial charge in [0.15, 0.2) is 0 Å². The summed E-state index contributed by atoms with van der Waals surface area (Å²) in [6.07, 6.45) is 0.522. The normalized spacial score (nSPS) is 11.9. The van der Waals surface area contributed by atoms with Gasteiger partial charge in [-0.2, -0.15) is 0 Å². The number of aromatic carboxylic acids is 1. The minimum absolute atomic E-state index is 0.0484. The van der Waals surface area contributed by atoms with Gasteiger partial charge in [0.05, 0.1) is 34.2 Å². The van der Waals surface area contributed by atoms with Crippen LogP contribution in [0.2, 0.25) is 0 Å². The Kier molecular flexibility index (Phi) is 8.50. The summed E-state index contributed by atoms with van der Waals surface area (Å²) < 4.78 is 0. The number of aromatic nitrogens is 4. The molecule has 194 valence electrons. The highest BCUT2D eigenvalue weighted by molar-refractivity contribution is 5.85. The molecule has 0 radical (unpaired) electrons. The second-order valence-electron chi connectivity index (χ2n) is 9.09. The van der Waals surface area contributed by atoms with Crippen LogP contribution in [0.1, 0.15) is 47.3 Å². The summed E-state index contributed by atoms with van der Waals surface area (Å²) in [6, 6.07) is 21.9. The molecule has 0 amide bonds. The summed E-state index contributed by atoms with van der Waals surface area (Å²) in [7, 11) is 0. The summed E-state index contributed by atoms with van der Waals surface area (Å²) in [5, 5.41) is 18.5. The van der Waals surface area contributed by atoms with Gasteiger partial charge in [-0.15, -0.1) is 0 Å². The molecule has 0 saturated carbocycles. The van der Waals surface area contributed by atoms with Crippen molar-refractivity contribution >= 4 is 11.9 Å². The summed E-state index contributed by atoms with van der Waals surface area (Å²) in [6.45, 7) is 4.87. The number of nitrogens with zero attached hydrogens (tertiary/aromatic N) is 5. The Balaban J connectivity index is 1.60. The fraction of sp³-hybridized carbons (Fsp3) is 0.241. The molecule has 0 spiro atoms. The fourth-order valence-electron chi connectivity index (χ4n) is 4.10. The fourth-order valence-corrected chi connectivity index (χ4v) is 4.10. The maximum absolute atomic E-state index is 11.3. The predicted molar refractivity (Wildman–Crippen MR) is 142 cm³/mol. The summed E-state index contributed by atoms with van der Waals surface area (Å²) >= 11 is 0. The Morgan fingerprint density at radius 3 is 1.76 bits per heavy atom. The van der Waals surface area contributed by atoms with Gasteiger partial charge in [-0.25, -0.2) is 19.7 Å². The maximum atomic E-state index is 11.3. The third kappa shape index (κ3) is 7.04. The number of carboxylic acids is 2. The standard InChI is InChI=1S/C29H29N5O4/c1-19-7-3-10-23(30-19)24-11-4-8-21(31-24)17-34(20(2)15-16-28(35)36)18-22-9-5-12-25(32-22)26-13-6-14-27(33-26)29(37)38/h3-14,20H,15-18H2,1-2H3,(H,35,36)(H,37,38). The number of hydrogen-bond acceptors (Lipinski definition) is 7. The Bertz CT molecular complexity index is 1440. The van der Waals surface area contributed by atoms with Crippen LogP contribution in [0.4, 0.5) is 0 Å². The molecule has 0 aliphatic heterocycles. The number of hydrogen-bond donors (Lipinski definition) is 2. The Morgan fingerprint density at radius 1 is 0.737 bits per heavy atom. The minimum Gasteiger partial charge on any atom is -0.481 e. The molecule has 0 aliphatic carbocycles. The third-order valence-corrected chi connectivity index (χ3v) is 6.12. The smallest absolute Gasteiger partial charge is 0.354 e. The average Bonchev–Trinajstić information content (AvgIpc) is 2.91. The molecule has 9 heteroatoms. The van der Waals surface area contributed by atoms with E-state index in [2.05, 4.69) is 14.9 Å². The van der Waals surface area contributed by atoms with E-state index in [1.165, 1.54) is 6.07 Å². The quantitative estimate of drug-likeness (QED) is 0.290. The van der Waals surface area contributed by atoms with E-state index >= 15 is 0 Å². The van der Waals surface area contributed by atoms with E-state index in [1.54, 1.807) is 18.2 Å². The van der Waals surface area contributed by atoms with Crippen molar-refractivity contribution in [3.8, 4) is 22.8 Å². The number of carboxylic acid groups (broad SMARTS) is 2. The zero-order chi connectivity index (χ0) is 27.1. The first kappa shape index (κ1) is 26.6. The molecule has 0 saturated heterocycles. The molecule has 0 fully saturated rings. The summed E-state index contributed by atoms with van der Waals surface area (Å²) in [5.41, 5.74) is 5.05. The van der Waals surface area contributed by atoms with E-state index in [1.807, 2.05) is 62.4 Å². The lowest BCUT2D eigenvalue weighted by Gasteiger charge is -2.28. The van der Waals surface area contributed by atoms with Gasteiger partial charge in [0.1, 0.15) is 5.69 Å². The van der Waals surface area contributed by atoms with Crippen LogP contribution in [0.5, 0.6) is 0 Å². The second kappa shape index (κ2) is 12.2. The molecular weight excluding hydrogens is 482 g/mol. The molecule has 0 aromatic carbocycles. The van der Waals surface area contributed by atoms with Gasteiger partial charge >= 0.3 is 11.9 Å². The molecule has 1 unspecified atom stereocenters. The first-order valence-electron chi connectivity index (χ1n) is 12.3. The first-order valence-corrected chi connectivity index (χ1v) is 12.3. The predicted octanol–water partition coefficient (Wildman–Crippen LogP) is 4.86. The zero-order valence-corrected chi connectivity index (χ0v) is 21.3. The van der Waals surface area contributed by atoms with Gasteiger partial charge in [-0.1, -0.05) is 24.3 Å². The van der Waals surface area contributed by atoms with Crippen molar-refractivity contribution in [1.82, 2.24) is 24.8 Å². The van der Waals surface area contributed by atoms with Crippen LogP contribution in [0.3, 0.4) is 0 Å². The van der Waals surface area contributed by atoms with Crippen molar-refractivity contribution in [2.45, 2.75) is 45.8 Å². The highest BCUT2D eigenvalue weighted by atomic mass is 16.4. The van der Waals surface area contributed by atoms with Crippen LogP contribution in [-0.4, -0.2) is 53.0 Å². The Hall–Kier alpha value is -4.50. The number of pyridine rings is 4. The zero-order valence-electron chi connectivity index (χ0n) is 21.3. The third-order valence-electron chi connectivity index (χ3n) is 6.12. The van der Waals surface area contributed by atoms with Gasteiger partial charge in [0.25, 0.3) is 0 Å². The van der Waals surface area contributed by atoms with Gasteiger partial charge < -0.3 is 10.2 Å². The van der Waals surface area contributed by atoms with Crippen LogP contribution in [0, 0.1) is 6.92 Å². The Labute approximate surface area is 220 Å². The minimum atomic E-state index is -1.10. The lowest BCUT2D eigenvalue weighted by atomic mass is 10.1. The molecule has 0 bridgehead atoms. The van der Waals surface area contributed by atoms with Gasteiger partial charge in [0, 0.05) is 31.2 Å². The number of aliphatic carboxylic acids is 1. The van der Waals surface area contributed by atoms with Crippen LogP contribution in [-0.2, 0) is 17.9 Å². The number of carbonyl (C=O) groups is 2. The highest BCUT2D eigenvalue weighted by Gasteiger charge is 2.18. The largest absolute Gasteiger partial charge is 0.481 e.